The maximum absolute atomic E-state index is 13.2. The molecule has 1 N–H and O–H groups in total. The van der Waals surface area contributed by atoms with E-state index >= 15 is 0 Å². The normalized spacial score (nSPS) is 10.1. The number of anilines is 1. The molecule has 1 heterocycles. The van der Waals surface area contributed by atoms with E-state index in [0.717, 1.165) is 5.56 Å². The van der Waals surface area contributed by atoms with Crippen LogP contribution in [0.25, 0.3) is 0 Å². The lowest BCUT2D eigenvalue weighted by atomic mass is 10.1. The van der Waals surface area contributed by atoms with Gasteiger partial charge >= 0.3 is 0 Å². The molecule has 0 saturated carbocycles. The minimum Gasteiger partial charge on any atom is -0.364 e. The maximum atomic E-state index is 13.2. The van der Waals surface area contributed by atoms with Crippen molar-refractivity contribution >= 4 is 5.82 Å². The molecular formula is C13H13FN2. The molecule has 0 atom stereocenters. The summed E-state index contributed by atoms with van der Waals surface area (Å²) in [6.07, 6.45) is 1.57. The molecule has 1 aromatic heterocycles. The molecule has 0 unspecified atom stereocenters. The van der Waals surface area contributed by atoms with Gasteiger partial charge < -0.3 is 5.32 Å². The minimum atomic E-state index is -0.324. The first kappa shape index (κ1) is 10.6. The lowest BCUT2D eigenvalue weighted by Gasteiger charge is -2.06. The van der Waals surface area contributed by atoms with E-state index in [-0.39, 0.29) is 5.82 Å². The van der Waals surface area contributed by atoms with Gasteiger partial charge in [0.15, 0.2) is 11.6 Å². The quantitative estimate of drug-likeness (QED) is 0.852. The Balaban J connectivity index is 2.02. The van der Waals surface area contributed by atoms with E-state index in [9.17, 15) is 4.39 Å². The molecule has 2 rings (SSSR count). The fourth-order valence-corrected chi connectivity index (χ4v) is 1.41. The van der Waals surface area contributed by atoms with E-state index in [2.05, 4.69) is 10.3 Å². The SMILES string of the molecule is Cc1ccc(CNc2ncccc2F)cc1. The molecule has 82 valence electrons. The maximum Gasteiger partial charge on any atom is 0.165 e. The third kappa shape index (κ3) is 2.57. The number of pyridine rings is 1. The highest BCUT2D eigenvalue weighted by Gasteiger charge is 2.00. The zero-order chi connectivity index (χ0) is 11.4. The molecule has 0 aliphatic carbocycles. The molecule has 0 spiro atoms. The van der Waals surface area contributed by atoms with Crippen LogP contribution in [-0.4, -0.2) is 4.98 Å². The Kier molecular flexibility index (Phi) is 3.15. The third-order valence-electron chi connectivity index (χ3n) is 2.34. The molecule has 0 amide bonds. The molecule has 16 heavy (non-hydrogen) atoms. The fourth-order valence-electron chi connectivity index (χ4n) is 1.41. The van der Waals surface area contributed by atoms with E-state index in [1.54, 1.807) is 12.3 Å². The Hall–Kier alpha value is -1.90. The first-order valence-electron chi connectivity index (χ1n) is 5.15. The topological polar surface area (TPSA) is 24.9 Å². The zero-order valence-electron chi connectivity index (χ0n) is 9.07. The number of rotatable bonds is 3. The summed E-state index contributed by atoms with van der Waals surface area (Å²) in [5.41, 5.74) is 2.32. The lowest BCUT2D eigenvalue weighted by Crippen LogP contribution is -2.03. The number of aryl methyl sites for hydroxylation is 1. The van der Waals surface area contributed by atoms with Crippen molar-refractivity contribution in [3.05, 3.63) is 59.5 Å². The summed E-state index contributed by atoms with van der Waals surface area (Å²) in [5.74, 6) is -0.0299. The summed E-state index contributed by atoms with van der Waals surface area (Å²) in [6, 6.07) is 11.1. The van der Waals surface area contributed by atoms with Gasteiger partial charge in [-0.1, -0.05) is 29.8 Å². The Labute approximate surface area is 94.2 Å². The number of nitrogens with zero attached hydrogens (tertiary/aromatic N) is 1. The van der Waals surface area contributed by atoms with Gasteiger partial charge in [0.1, 0.15) is 0 Å². The predicted octanol–water partition coefficient (Wildman–Crippen LogP) is 3.14. The van der Waals surface area contributed by atoms with Crippen molar-refractivity contribution in [2.75, 3.05) is 5.32 Å². The van der Waals surface area contributed by atoms with Crippen LogP contribution in [0.4, 0.5) is 10.2 Å². The summed E-state index contributed by atoms with van der Waals surface area (Å²) >= 11 is 0. The Morgan fingerprint density at radius 1 is 1.19 bits per heavy atom. The van der Waals surface area contributed by atoms with Crippen molar-refractivity contribution in [3.63, 3.8) is 0 Å². The van der Waals surface area contributed by atoms with Crippen LogP contribution in [0.5, 0.6) is 0 Å². The van der Waals surface area contributed by atoms with Crippen LogP contribution >= 0.6 is 0 Å². The van der Waals surface area contributed by atoms with Crippen LogP contribution in [-0.2, 0) is 6.54 Å². The Bertz CT molecular complexity index is 466. The average Bonchev–Trinajstić information content (AvgIpc) is 2.30. The zero-order valence-corrected chi connectivity index (χ0v) is 9.07. The summed E-state index contributed by atoms with van der Waals surface area (Å²) in [5, 5.41) is 2.96. The van der Waals surface area contributed by atoms with Crippen molar-refractivity contribution in [3.8, 4) is 0 Å². The van der Waals surface area contributed by atoms with Crippen molar-refractivity contribution in [2.45, 2.75) is 13.5 Å². The number of halogens is 1. The molecule has 0 radical (unpaired) electrons. The molecule has 0 aliphatic heterocycles. The monoisotopic (exact) mass is 216 g/mol. The molecular weight excluding hydrogens is 203 g/mol. The average molecular weight is 216 g/mol. The van der Waals surface area contributed by atoms with Crippen molar-refractivity contribution in [2.24, 2.45) is 0 Å². The number of hydrogen-bond donors (Lipinski definition) is 1. The van der Waals surface area contributed by atoms with Gasteiger partial charge in [-0.3, -0.25) is 0 Å². The Morgan fingerprint density at radius 3 is 2.62 bits per heavy atom. The fraction of sp³-hybridized carbons (Fsp3) is 0.154. The van der Waals surface area contributed by atoms with Gasteiger partial charge in [0.25, 0.3) is 0 Å². The number of nitrogens with one attached hydrogen (secondary N) is 1. The Morgan fingerprint density at radius 2 is 1.94 bits per heavy atom. The second-order valence-corrected chi connectivity index (χ2v) is 3.67. The summed E-state index contributed by atoms with van der Waals surface area (Å²) in [6.45, 7) is 2.61. The van der Waals surface area contributed by atoms with Crippen molar-refractivity contribution < 1.29 is 4.39 Å². The van der Waals surface area contributed by atoms with Crippen molar-refractivity contribution in [1.29, 1.82) is 0 Å². The van der Waals surface area contributed by atoms with E-state index < -0.39 is 0 Å². The van der Waals surface area contributed by atoms with Gasteiger partial charge in [0.05, 0.1) is 0 Å². The number of hydrogen-bond acceptors (Lipinski definition) is 2. The van der Waals surface area contributed by atoms with E-state index in [0.29, 0.717) is 12.4 Å². The van der Waals surface area contributed by atoms with Crippen LogP contribution < -0.4 is 5.32 Å². The number of aromatic nitrogens is 1. The van der Waals surface area contributed by atoms with Gasteiger partial charge in [0.2, 0.25) is 0 Å². The van der Waals surface area contributed by atoms with Gasteiger partial charge in [-0.15, -0.1) is 0 Å². The van der Waals surface area contributed by atoms with Gasteiger partial charge in [-0.05, 0) is 24.6 Å². The molecule has 2 aromatic rings. The number of benzene rings is 1. The standard InChI is InChI=1S/C13H13FN2/c1-10-4-6-11(7-5-10)9-16-13-12(14)3-2-8-15-13/h2-8H,9H2,1H3,(H,15,16). The van der Waals surface area contributed by atoms with Crippen LogP contribution in [0.15, 0.2) is 42.6 Å². The van der Waals surface area contributed by atoms with Crippen LogP contribution in [0.2, 0.25) is 0 Å². The smallest absolute Gasteiger partial charge is 0.165 e. The molecule has 3 heteroatoms. The lowest BCUT2D eigenvalue weighted by molar-refractivity contribution is 0.624. The van der Waals surface area contributed by atoms with Gasteiger partial charge in [-0.25, -0.2) is 9.37 Å². The molecule has 0 saturated heterocycles. The van der Waals surface area contributed by atoms with Crippen LogP contribution in [0.1, 0.15) is 11.1 Å². The summed E-state index contributed by atoms with van der Waals surface area (Å²) in [7, 11) is 0. The largest absolute Gasteiger partial charge is 0.364 e. The van der Waals surface area contributed by atoms with E-state index in [1.807, 2.05) is 31.2 Å². The van der Waals surface area contributed by atoms with Gasteiger partial charge in [0, 0.05) is 12.7 Å². The second-order valence-electron chi connectivity index (χ2n) is 3.67. The molecule has 0 aliphatic rings. The van der Waals surface area contributed by atoms with Crippen molar-refractivity contribution in [1.82, 2.24) is 4.98 Å². The highest BCUT2D eigenvalue weighted by Crippen LogP contribution is 2.10. The second kappa shape index (κ2) is 4.75. The molecule has 2 nitrogen and oxygen atoms in total. The summed E-state index contributed by atoms with van der Waals surface area (Å²) < 4.78 is 13.2. The predicted molar refractivity (Wildman–Crippen MR) is 62.7 cm³/mol. The van der Waals surface area contributed by atoms with E-state index in [1.165, 1.54) is 11.6 Å². The third-order valence-corrected chi connectivity index (χ3v) is 2.34. The van der Waals surface area contributed by atoms with Crippen LogP contribution in [0, 0.1) is 12.7 Å². The first-order chi connectivity index (χ1) is 7.75. The molecule has 0 fully saturated rings. The van der Waals surface area contributed by atoms with Crippen LogP contribution in [0.3, 0.4) is 0 Å². The summed E-state index contributed by atoms with van der Waals surface area (Å²) in [4.78, 5) is 3.92. The minimum absolute atomic E-state index is 0.295. The highest BCUT2D eigenvalue weighted by molar-refractivity contribution is 5.36. The molecule has 0 bridgehead atoms. The first-order valence-corrected chi connectivity index (χ1v) is 5.15. The highest BCUT2D eigenvalue weighted by atomic mass is 19.1. The van der Waals surface area contributed by atoms with E-state index in [4.69, 9.17) is 0 Å². The molecule has 1 aromatic carbocycles. The van der Waals surface area contributed by atoms with Gasteiger partial charge in [-0.2, -0.15) is 0 Å².